The van der Waals surface area contributed by atoms with Gasteiger partial charge < -0.3 is 25.6 Å². The number of guanidine groups is 1. The second-order valence-corrected chi connectivity index (χ2v) is 9.30. The fraction of sp³-hybridized carbons (Fsp3) is 0.440. The number of nitrogens with zero attached hydrogens (tertiary/aromatic N) is 2. The molecule has 0 saturated carbocycles. The second-order valence-electron chi connectivity index (χ2n) is 9.30. The number of ether oxygens (including phenoxy) is 1. The quantitative estimate of drug-likeness (QED) is 0.352. The predicted octanol–water partition coefficient (Wildman–Crippen LogP) is 2.23. The fourth-order valence-corrected chi connectivity index (χ4v) is 5.05. The zero-order valence-electron chi connectivity index (χ0n) is 18.6. The molecular formula is C25H34N5O2+. The Bertz CT molecular complexity index is 954. The number of likely N-dealkylation sites (tertiary alicyclic amines) is 1. The zero-order chi connectivity index (χ0) is 22.6. The Morgan fingerprint density at radius 1 is 1.09 bits per heavy atom. The molecule has 2 aromatic carbocycles. The lowest BCUT2D eigenvalue weighted by Gasteiger charge is -2.43. The molecule has 2 aliphatic rings. The molecule has 0 bridgehead atoms. The fourth-order valence-electron chi connectivity index (χ4n) is 5.05. The van der Waals surface area contributed by atoms with E-state index in [2.05, 4.69) is 24.3 Å². The van der Waals surface area contributed by atoms with E-state index in [1.54, 1.807) is 0 Å². The maximum absolute atomic E-state index is 11.8. The van der Waals surface area contributed by atoms with Crippen LogP contribution in [0.5, 0.6) is 5.75 Å². The average Bonchev–Trinajstić information content (AvgIpc) is 2.78. The molecule has 2 aliphatic heterocycles. The number of rotatable bonds is 7. The number of piperidine rings is 1. The van der Waals surface area contributed by atoms with Crippen molar-refractivity contribution in [3.8, 4) is 5.75 Å². The molecule has 1 saturated heterocycles. The Morgan fingerprint density at radius 2 is 1.84 bits per heavy atom. The molecule has 2 heterocycles. The molecule has 7 heteroatoms. The minimum atomic E-state index is -0.232. The van der Waals surface area contributed by atoms with Crippen LogP contribution in [-0.2, 0) is 24.3 Å². The molecule has 0 unspecified atom stereocenters. The molecule has 4 rings (SSSR count). The summed E-state index contributed by atoms with van der Waals surface area (Å²) in [6.45, 7) is 5.23. The summed E-state index contributed by atoms with van der Waals surface area (Å²) in [6.07, 6.45) is 2.94. The van der Waals surface area contributed by atoms with Crippen LogP contribution in [0, 0.1) is 11.3 Å². The third-order valence-electron chi connectivity index (χ3n) is 6.89. The van der Waals surface area contributed by atoms with Gasteiger partial charge in [-0.15, -0.1) is 0 Å². The van der Waals surface area contributed by atoms with E-state index in [9.17, 15) is 4.79 Å². The molecule has 0 aromatic heterocycles. The average molecular weight is 437 g/mol. The summed E-state index contributed by atoms with van der Waals surface area (Å²) in [5.74, 6) is 1.23. The summed E-state index contributed by atoms with van der Waals surface area (Å²) in [7, 11) is 0. The largest absolute Gasteiger partial charge is 0.493 e. The zero-order valence-corrected chi connectivity index (χ0v) is 18.6. The van der Waals surface area contributed by atoms with Crippen molar-refractivity contribution in [2.75, 3.05) is 32.8 Å². The van der Waals surface area contributed by atoms with Gasteiger partial charge in [-0.3, -0.25) is 10.2 Å². The van der Waals surface area contributed by atoms with E-state index in [1.807, 2.05) is 29.2 Å². The lowest BCUT2D eigenvalue weighted by Crippen LogP contribution is -2.56. The van der Waals surface area contributed by atoms with Gasteiger partial charge in [-0.2, -0.15) is 0 Å². The Morgan fingerprint density at radius 3 is 2.53 bits per heavy atom. The normalized spacial score (nSPS) is 22.8. The van der Waals surface area contributed by atoms with Crippen LogP contribution in [0.1, 0.15) is 29.5 Å². The van der Waals surface area contributed by atoms with E-state index in [0.29, 0.717) is 25.6 Å². The molecule has 1 amide bonds. The summed E-state index contributed by atoms with van der Waals surface area (Å²) in [5.41, 5.74) is 15.0. The van der Waals surface area contributed by atoms with Gasteiger partial charge in [-0.25, -0.2) is 0 Å². The van der Waals surface area contributed by atoms with Crippen LogP contribution in [-0.4, -0.2) is 54.0 Å². The third kappa shape index (κ3) is 5.40. The van der Waals surface area contributed by atoms with Crippen molar-refractivity contribution in [3.63, 3.8) is 0 Å². The number of amides is 1. The highest BCUT2D eigenvalue weighted by atomic mass is 16.5. The smallest absolute Gasteiger partial charge is 0.272 e. The minimum Gasteiger partial charge on any atom is -0.493 e. The first-order valence-electron chi connectivity index (χ1n) is 11.4. The second kappa shape index (κ2) is 9.61. The maximum atomic E-state index is 11.8. The van der Waals surface area contributed by atoms with E-state index in [0.717, 1.165) is 55.7 Å². The number of benzene rings is 2. The van der Waals surface area contributed by atoms with Crippen LogP contribution in [0.3, 0.4) is 0 Å². The molecule has 0 aliphatic carbocycles. The minimum absolute atomic E-state index is 0.122. The molecule has 7 nitrogen and oxygen atoms in total. The Kier molecular flexibility index (Phi) is 6.65. The number of hydrogen-bond donors (Lipinski definition) is 3. The molecule has 0 atom stereocenters. The lowest BCUT2D eigenvalue weighted by molar-refractivity contribution is -0.939. The lowest BCUT2D eigenvalue weighted by atomic mass is 9.94. The number of nitrogens with two attached hydrogens (primary N) is 2. The Hall–Kier alpha value is -3.06. The van der Waals surface area contributed by atoms with Crippen LogP contribution >= 0.6 is 0 Å². The molecule has 32 heavy (non-hydrogen) atoms. The number of nitrogens with one attached hydrogen (secondary N) is 1. The van der Waals surface area contributed by atoms with Crippen molar-refractivity contribution in [3.05, 3.63) is 65.2 Å². The number of carbonyl (C=O) groups is 1. The van der Waals surface area contributed by atoms with Gasteiger partial charge in [0.05, 0.1) is 19.7 Å². The van der Waals surface area contributed by atoms with Gasteiger partial charge >= 0.3 is 0 Å². The van der Waals surface area contributed by atoms with Crippen molar-refractivity contribution >= 4 is 11.9 Å². The number of quaternary nitrogens is 1. The summed E-state index contributed by atoms with van der Waals surface area (Å²) >= 11 is 0. The van der Waals surface area contributed by atoms with E-state index in [1.165, 1.54) is 16.7 Å². The third-order valence-corrected chi connectivity index (χ3v) is 6.89. The van der Waals surface area contributed by atoms with Crippen molar-refractivity contribution in [1.29, 1.82) is 5.41 Å². The van der Waals surface area contributed by atoms with Gasteiger partial charge in [-0.05, 0) is 29.7 Å². The number of hydrogen-bond acceptors (Lipinski definition) is 3. The maximum Gasteiger partial charge on any atom is 0.272 e. The standard InChI is InChI=1S/C25H33N5O2/c26-24(31)17-30(16-19-4-2-1-3-5-19)12-9-20(10-13-30)18-32-23-7-6-21-8-11-29(25(27)28)15-22(21)14-23/h1-7,14,20H,8-13,15-18H2,(H4-,26,27,28,31)/p+1. The first-order valence-corrected chi connectivity index (χ1v) is 11.4. The number of primary amides is 1. The van der Waals surface area contributed by atoms with Crippen molar-refractivity contribution in [1.82, 2.24) is 4.90 Å². The van der Waals surface area contributed by atoms with Gasteiger partial charge in [0.25, 0.3) is 5.91 Å². The highest BCUT2D eigenvalue weighted by Crippen LogP contribution is 2.28. The molecule has 0 radical (unpaired) electrons. The monoisotopic (exact) mass is 436 g/mol. The van der Waals surface area contributed by atoms with Gasteiger partial charge in [0, 0.05) is 37.4 Å². The van der Waals surface area contributed by atoms with Gasteiger partial charge in [0.2, 0.25) is 0 Å². The number of fused-ring (bicyclic) bond motifs is 1. The summed E-state index contributed by atoms with van der Waals surface area (Å²) in [6, 6.07) is 16.6. The summed E-state index contributed by atoms with van der Waals surface area (Å²) < 4.78 is 6.90. The molecule has 5 N–H and O–H groups in total. The van der Waals surface area contributed by atoms with E-state index >= 15 is 0 Å². The van der Waals surface area contributed by atoms with Gasteiger partial charge in [-0.1, -0.05) is 36.4 Å². The van der Waals surface area contributed by atoms with Gasteiger partial charge in [0.15, 0.2) is 12.5 Å². The highest BCUT2D eigenvalue weighted by Gasteiger charge is 2.35. The van der Waals surface area contributed by atoms with Crippen LogP contribution in [0.25, 0.3) is 0 Å². The first kappa shape index (κ1) is 22.1. The Labute approximate surface area is 190 Å². The molecule has 170 valence electrons. The van der Waals surface area contributed by atoms with E-state index < -0.39 is 0 Å². The predicted molar refractivity (Wildman–Crippen MR) is 125 cm³/mol. The van der Waals surface area contributed by atoms with Crippen LogP contribution in [0.15, 0.2) is 48.5 Å². The van der Waals surface area contributed by atoms with Crippen LogP contribution in [0.4, 0.5) is 0 Å². The topological polar surface area (TPSA) is 105 Å². The summed E-state index contributed by atoms with van der Waals surface area (Å²) in [4.78, 5) is 13.7. The first-order chi connectivity index (χ1) is 15.4. The molecule has 2 aromatic rings. The number of carbonyl (C=O) groups excluding carboxylic acids is 1. The van der Waals surface area contributed by atoms with Crippen molar-refractivity contribution in [2.45, 2.75) is 32.4 Å². The van der Waals surface area contributed by atoms with E-state index in [4.69, 9.17) is 21.6 Å². The Balaban J connectivity index is 1.34. The van der Waals surface area contributed by atoms with Crippen LogP contribution < -0.4 is 16.2 Å². The SMILES string of the molecule is N=C(N)N1CCc2ccc(OCC3CC[N+](CC(N)=O)(Cc4ccccc4)CC3)cc2C1. The van der Waals surface area contributed by atoms with Crippen molar-refractivity contribution in [2.24, 2.45) is 17.4 Å². The van der Waals surface area contributed by atoms with Crippen LogP contribution in [0.2, 0.25) is 0 Å². The molecular weight excluding hydrogens is 402 g/mol. The highest BCUT2D eigenvalue weighted by molar-refractivity contribution is 5.75. The molecule has 1 fully saturated rings. The van der Waals surface area contributed by atoms with Gasteiger partial charge in [0.1, 0.15) is 12.3 Å². The van der Waals surface area contributed by atoms with E-state index in [-0.39, 0.29) is 11.9 Å². The summed E-state index contributed by atoms with van der Waals surface area (Å²) in [5, 5.41) is 7.69. The molecule has 0 spiro atoms. The van der Waals surface area contributed by atoms with Crippen molar-refractivity contribution < 1.29 is 14.0 Å².